The molecule has 3 unspecified atom stereocenters. The predicted octanol–water partition coefficient (Wildman–Crippen LogP) is 4.19. The second kappa shape index (κ2) is 6.75. The summed E-state index contributed by atoms with van der Waals surface area (Å²) in [6, 6.07) is 4.93. The molecule has 5 heteroatoms. The van der Waals surface area contributed by atoms with E-state index in [-0.39, 0.29) is 11.7 Å². The third kappa shape index (κ3) is 3.95. The fourth-order valence-electron chi connectivity index (χ4n) is 3.26. The van der Waals surface area contributed by atoms with Crippen LogP contribution in [-0.2, 0) is 6.42 Å². The number of nitrogens with zero attached hydrogens (tertiary/aromatic N) is 1. The van der Waals surface area contributed by atoms with E-state index in [4.69, 9.17) is 17.3 Å². The maximum absolute atomic E-state index is 10.8. The fraction of sp³-hybridized carbons (Fsp3) is 0.625. The van der Waals surface area contributed by atoms with Crippen LogP contribution in [0, 0.1) is 27.9 Å². The first-order valence-corrected chi connectivity index (χ1v) is 7.94. The van der Waals surface area contributed by atoms with Gasteiger partial charge in [-0.25, -0.2) is 0 Å². The van der Waals surface area contributed by atoms with Crippen LogP contribution in [0.25, 0.3) is 0 Å². The molecular formula is C16H23ClN2O2. The number of halogens is 1. The molecule has 1 saturated carbocycles. The summed E-state index contributed by atoms with van der Waals surface area (Å²) < 4.78 is 0. The van der Waals surface area contributed by atoms with Gasteiger partial charge in [-0.3, -0.25) is 10.1 Å². The molecule has 2 N–H and O–H groups in total. The molecule has 0 radical (unpaired) electrons. The molecule has 3 atom stereocenters. The van der Waals surface area contributed by atoms with Crippen molar-refractivity contribution >= 4 is 17.3 Å². The summed E-state index contributed by atoms with van der Waals surface area (Å²) in [5.41, 5.74) is 7.27. The first-order chi connectivity index (χ1) is 9.88. The number of nitro benzene ring substituents is 1. The number of non-ortho nitro benzene ring substituents is 1. The van der Waals surface area contributed by atoms with Crippen molar-refractivity contribution in [2.24, 2.45) is 23.5 Å². The average molecular weight is 311 g/mol. The molecule has 0 bridgehead atoms. The van der Waals surface area contributed by atoms with Gasteiger partial charge >= 0.3 is 0 Å². The predicted molar refractivity (Wildman–Crippen MR) is 85.5 cm³/mol. The molecule has 1 aromatic carbocycles. The van der Waals surface area contributed by atoms with Gasteiger partial charge in [0.2, 0.25) is 0 Å². The summed E-state index contributed by atoms with van der Waals surface area (Å²) in [7, 11) is 0. The minimum atomic E-state index is -0.420. The van der Waals surface area contributed by atoms with Crippen molar-refractivity contribution in [2.45, 2.75) is 45.6 Å². The molecule has 0 amide bonds. The van der Waals surface area contributed by atoms with Gasteiger partial charge in [0.15, 0.2) is 0 Å². The van der Waals surface area contributed by atoms with Crippen molar-refractivity contribution in [1.29, 1.82) is 0 Å². The third-order valence-electron chi connectivity index (χ3n) is 4.75. The molecular weight excluding hydrogens is 288 g/mol. The van der Waals surface area contributed by atoms with Crippen LogP contribution in [0.3, 0.4) is 0 Å². The molecule has 0 aromatic heterocycles. The van der Waals surface area contributed by atoms with E-state index in [0.717, 1.165) is 24.8 Å². The highest BCUT2D eigenvalue weighted by Gasteiger charge is 2.30. The number of nitrogens with two attached hydrogens (primary N) is 1. The molecule has 0 heterocycles. The summed E-state index contributed by atoms with van der Waals surface area (Å²) in [6.45, 7) is 4.52. The minimum Gasteiger partial charge on any atom is -0.327 e. The van der Waals surface area contributed by atoms with Gasteiger partial charge < -0.3 is 5.73 Å². The van der Waals surface area contributed by atoms with E-state index in [2.05, 4.69) is 13.8 Å². The first-order valence-electron chi connectivity index (χ1n) is 7.57. The number of hydrogen-bond acceptors (Lipinski definition) is 3. The maximum Gasteiger partial charge on any atom is 0.270 e. The Labute approximate surface area is 130 Å². The zero-order valence-electron chi connectivity index (χ0n) is 12.6. The fourth-order valence-corrected chi connectivity index (χ4v) is 3.51. The number of benzene rings is 1. The van der Waals surface area contributed by atoms with Crippen LogP contribution < -0.4 is 5.73 Å². The van der Waals surface area contributed by atoms with Crippen molar-refractivity contribution in [3.63, 3.8) is 0 Å². The summed E-state index contributed by atoms with van der Waals surface area (Å²) >= 11 is 6.19. The Kier molecular flexibility index (Phi) is 5.22. The van der Waals surface area contributed by atoms with Crippen molar-refractivity contribution in [3.8, 4) is 0 Å². The second-order valence-electron chi connectivity index (χ2n) is 6.48. The molecule has 4 nitrogen and oxygen atoms in total. The largest absolute Gasteiger partial charge is 0.327 e. The number of hydrogen-bond donors (Lipinski definition) is 1. The van der Waals surface area contributed by atoms with Crippen LogP contribution in [0.4, 0.5) is 5.69 Å². The normalized spacial score (nSPS) is 26.0. The quantitative estimate of drug-likeness (QED) is 0.669. The van der Waals surface area contributed by atoms with Crippen molar-refractivity contribution in [1.82, 2.24) is 0 Å². The molecule has 1 fully saturated rings. The van der Waals surface area contributed by atoms with E-state index in [1.165, 1.54) is 18.6 Å². The highest BCUT2D eigenvalue weighted by molar-refractivity contribution is 6.31. The topological polar surface area (TPSA) is 69.2 Å². The molecule has 1 aliphatic rings. The van der Waals surface area contributed by atoms with Crippen LogP contribution in [0.5, 0.6) is 0 Å². The smallest absolute Gasteiger partial charge is 0.270 e. The zero-order chi connectivity index (χ0) is 15.6. The molecule has 2 rings (SSSR count). The minimum absolute atomic E-state index is 0.0387. The highest BCUT2D eigenvalue weighted by Crippen LogP contribution is 2.36. The molecule has 1 aromatic rings. The number of rotatable bonds is 4. The summed E-state index contributed by atoms with van der Waals surface area (Å²) in [6.07, 6.45) is 4.18. The van der Waals surface area contributed by atoms with Gasteiger partial charge in [-0.2, -0.15) is 0 Å². The lowest BCUT2D eigenvalue weighted by molar-refractivity contribution is -0.384. The van der Waals surface area contributed by atoms with Crippen molar-refractivity contribution in [2.75, 3.05) is 0 Å². The summed E-state index contributed by atoms with van der Waals surface area (Å²) in [5.74, 6) is 1.80. The lowest BCUT2D eigenvalue weighted by Gasteiger charge is -2.36. The molecule has 0 aliphatic heterocycles. The van der Waals surface area contributed by atoms with Gasteiger partial charge in [-0.15, -0.1) is 0 Å². The molecule has 0 saturated heterocycles. The summed E-state index contributed by atoms with van der Waals surface area (Å²) in [4.78, 5) is 10.3. The van der Waals surface area contributed by atoms with Crippen LogP contribution in [0.15, 0.2) is 18.2 Å². The van der Waals surface area contributed by atoms with Crippen LogP contribution >= 0.6 is 11.6 Å². The van der Waals surface area contributed by atoms with E-state index in [9.17, 15) is 10.1 Å². The highest BCUT2D eigenvalue weighted by atomic mass is 35.5. The van der Waals surface area contributed by atoms with E-state index in [1.54, 1.807) is 6.07 Å². The van der Waals surface area contributed by atoms with E-state index in [0.29, 0.717) is 22.8 Å². The molecule has 1 aliphatic carbocycles. The van der Waals surface area contributed by atoms with Gasteiger partial charge in [0.25, 0.3) is 5.69 Å². The average Bonchev–Trinajstić information content (AvgIpc) is 2.42. The van der Waals surface area contributed by atoms with Gasteiger partial charge in [-0.1, -0.05) is 31.5 Å². The lowest BCUT2D eigenvalue weighted by Crippen LogP contribution is -2.38. The Morgan fingerprint density at radius 1 is 1.43 bits per heavy atom. The van der Waals surface area contributed by atoms with E-state index in [1.807, 2.05) is 0 Å². The monoisotopic (exact) mass is 310 g/mol. The van der Waals surface area contributed by atoms with Crippen molar-refractivity contribution in [3.05, 3.63) is 38.9 Å². The van der Waals surface area contributed by atoms with Gasteiger partial charge in [0, 0.05) is 18.2 Å². The summed E-state index contributed by atoms with van der Waals surface area (Å²) in [5, 5.41) is 11.2. The van der Waals surface area contributed by atoms with E-state index >= 15 is 0 Å². The first kappa shape index (κ1) is 16.2. The Bertz CT molecular complexity index is 519. The second-order valence-corrected chi connectivity index (χ2v) is 6.89. The maximum atomic E-state index is 10.8. The SMILES string of the molecule is CC(C)C1CCC(N)C(Cc2ccc([N+](=O)[O-])cc2Cl)C1. The van der Waals surface area contributed by atoms with Gasteiger partial charge in [0.05, 0.1) is 9.95 Å². The standard InChI is InChI=1S/C16H23ClN2O2/c1-10(2)11-4-6-16(18)13(7-11)8-12-3-5-14(19(20)21)9-15(12)17/h3,5,9-11,13,16H,4,6-8,18H2,1-2H3. The molecule has 0 spiro atoms. The Morgan fingerprint density at radius 2 is 2.14 bits per heavy atom. The third-order valence-corrected chi connectivity index (χ3v) is 5.11. The van der Waals surface area contributed by atoms with Crippen LogP contribution in [-0.4, -0.2) is 11.0 Å². The Morgan fingerprint density at radius 3 is 2.71 bits per heavy atom. The number of nitro groups is 1. The van der Waals surface area contributed by atoms with Crippen LogP contribution in [0.1, 0.15) is 38.7 Å². The van der Waals surface area contributed by atoms with Gasteiger partial charge in [-0.05, 0) is 49.0 Å². The zero-order valence-corrected chi connectivity index (χ0v) is 13.3. The molecule has 116 valence electrons. The Hall–Kier alpha value is -1.13. The lowest BCUT2D eigenvalue weighted by atomic mass is 9.72. The van der Waals surface area contributed by atoms with Crippen LogP contribution in [0.2, 0.25) is 5.02 Å². The molecule has 21 heavy (non-hydrogen) atoms. The van der Waals surface area contributed by atoms with Crippen molar-refractivity contribution < 1.29 is 4.92 Å². The van der Waals surface area contributed by atoms with E-state index < -0.39 is 4.92 Å². The Balaban J connectivity index is 2.11. The van der Waals surface area contributed by atoms with Gasteiger partial charge in [0.1, 0.15) is 0 Å².